The summed E-state index contributed by atoms with van der Waals surface area (Å²) >= 11 is 0. The highest BCUT2D eigenvalue weighted by Crippen LogP contribution is 2.64. The first-order valence-electron chi connectivity index (χ1n) is 22.8. The average Bonchev–Trinajstić information content (AvgIpc) is 3.78. The molecule has 12 rings (SSSR count). The Morgan fingerprint density at radius 2 is 0.967 bits per heavy atom. The van der Waals surface area contributed by atoms with Gasteiger partial charge in [-0.2, -0.15) is 0 Å². The van der Waals surface area contributed by atoms with Crippen LogP contribution in [0.4, 0.5) is 17.1 Å². The molecule has 8 aromatic carbocycles. The van der Waals surface area contributed by atoms with Gasteiger partial charge in [0.25, 0.3) is 0 Å². The Hall–Kier alpha value is -6.44. The van der Waals surface area contributed by atoms with Crippen LogP contribution in [0.15, 0.2) is 170 Å². The molecule has 8 aromatic rings. The SMILES string of the molecule is CC(C)c1ccc2c(c1-c1cc3c(cc1N(c1ccc(-c4ccccc4)cc1)c1cccc4c1CCCC4)C1(c4ccccc4-c4ccccc41)c1ccccc1-3)CCCC2. The van der Waals surface area contributed by atoms with Gasteiger partial charge in [0.05, 0.1) is 11.1 Å². The molecule has 0 atom stereocenters. The number of hydrogen-bond acceptors (Lipinski definition) is 1. The van der Waals surface area contributed by atoms with Crippen molar-refractivity contribution in [3.8, 4) is 44.5 Å². The molecule has 4 aliphatic rings. The number of fused-ring (bicyclic) bond motifs is 12. The van der Waals surface area contributed by atoms with Crippen molar-refractivity contribution in [2.45, 2.75) is 76.5 Å². The maximum absolute atomic E-state index is 2.68. The van der Waals surface area contributed by atoms with Gasteiger partial charge in [0.1, 0.15) is 0 Å². The van der Waals surface area contributed by atoms with E-state index in [0.717, 1.165) is 25.7 Å². The van der Waals surface area contributed by atoms with E-state index in [1.54, 1.807) is 5.56 Å². The fraction of sp³-hybridized carbons (Fsp3) is 0.200. The van der Waals surface area contributed by atoms with Crippen LogP contribution in [0, 0.1) is 0 Å². The Bertz CT molecular complexity index is 2960. The van der Waals surface area contributed by atoms with Gasteiger partial charge in [-0.1, -0.05) is 153 Å². The fourth-order valence-electron chi connectivity index (χ4n) is 12.0. The molecule has 0 amide bonds. The Morgan fingerprint density at radius 3 is 1.62 bits per heavy atom. The van der Waals surface area contributed by atoms with E-state index in [0.29, 0.717) is 5.92 Å². The molecule has 0 unspecified atom stereocenters. The Kier molecular flexibility index (Phi) is 8.56. The topological polar surface area (TPSA) is 3.24 Å². The molecule has 1 nitrogen and oxygen atoms in total. The van der Waals surface area contributed by atoms with Crippen molar-refractivity contribution in [2.75, 3.05) is 4.90 Å². The number of rotatable bonds is 6. The van der Waals surface area contributed by atoms with E-state index in [9.17, 15) is 0 Å². The number of nitrogens with zero attached hydrogens (tertiary/aromatic N) is 1. The molecule has 0 aromatic heterocycles. The van der Waals surface area contributed by atoms with Crippen LogP contribution < -0.4 is 4.90 Å². The molecule has 4 aliphatic carbocycles. The van der Waals surface area contributed by atoms with Gasteiger partial charge in [0.15, 0.2) is 0 Å². The first kappa shape index (κ1) is 36.4. The van der Waals surface area contributed by atoms with Crippen LogP contribution in [-0.2, 0) is 31.1 Å². The van der Waals surface area contributed by atoms with Crippen molar-refractivity contribution in [1.82, 2.24) is 0 Å². The highest BCUT2D eigenvalue weighted by atomic mass is 15.1. The van der Waals surface area contributed by atoms with E-state index >= 15 is 0 Å². The normalized spacial score (nSPS) is 15.1. The van der Waals surface area contributed by atoms with Gasteiger partial charge in [-0.25, -0.2) is 0 Å². The van der Waals surface area contributed by atoms with E-state index in [1.165, 1.54) is 132 Å². The summed E-state index contributed by atoms with van der Waals surface area (Å²) in [6.07, 6.45) is 9.47. The molecule has 0 aliphatic heterocycles. The minimum absolute atomic E-state index is 0.374. The Labute approximate surface area is 361 Å². The smallest absolute Gasteiger partial charge is 0.0726 e. The molecule has 1 heteroatoms. The lowest BCUT2D eigenvalue weighted by atomic mass is 9.70. The second kappa shape index (κ2) is 14.3. The van der Waals surface area contributed by atoms with Gasteiger partial charge in [0.2, 0.25) is 0 Å². The summed E-state index contributed by atoms with van der Waals surface area (Å²) in [5.74, 6) is 0.374. The lowest BCUT2D eigenvalue weighted by molar-refractivity contribution is 0.684. The summed E-state index contributed by atoms with van der Waals surface area (Å²) in [5.41, 5.74) is 27.1. The van der Waals surface area contributed by atoms with Crippen LogP contribution >= 0.6 is 0 Å². The molecule has 0 saturated heterocycles. The highest BCUT2D eigenvalue weighted by Gasteiger charge is 2.52. The van der Waals surface area contributed by atoms with Crippen molar-refractivity contribution in [3.05, 3.63) is 220 Å². The average molecular weight is 786 g/mol. The molecule has 0 radical (unpaired) electrons. The van der Waals surface area contributed by atoms with Crippen molar-refractivity contribution in [2.24, 2.45) is 0 Å². The predicted octanol–water partition coefficient (Wildman–Crippen LogP) is 15.7. The number of anilines is 3. The zero-order valence-electron chi connectivity index (χ0n) is 35.3. The summed E-state index contributed by atoms with van der Waals surface area (Å²) in [4.78, 5) is 2.68. The van der Waals surface area contributed by atoms with E-state index in [2.05, 4.69) is 189 Å². The number of benzene rings is 8. The number of hydrogen-bond donors (Lipinski definition) is 0. The zero-order valence-corrected chi connectivity index (χ0v) is 35.3. The van der Waals surface area contributed by atoms with Gasteiger partial charge in [-0.05, 0) is 177 Å². The standard InChI is InChI=1S/C60H51N/c1-39(2)45-36-33-43-20-7-9-23-47(43)59(45)52-37-51-50-26-12-15-29-55(50)60(53-27-13-10-24-48(53)49-25-11-14-28-54(49)60)56(51)38-58(52)61(57-30-16-21-42-19-6-8-22-46(42)57)44-34-31-41(32-35-44)40-17-4-3-5-18-40/h3-5,10-18,21,24-39H,6-9,19-20,22-23H2,1-2H3. The van der Waals surface area contributed by atoms with Crippen LogP contribution in [0.1, 0.15) is 95.5 Å². The predicted molar refractivity (Wildman–Crippen MR) is 256 cm³/mol. The van der Waals surface area contributed by atoms with Crippen LogP contribution in [0.3, 0.4) is 0 Å². The lowest BCUT2D eigenvalue weighted by Crippen LogP contribution is -2.26. The molecule has 296 valence electrons. The van der Waals surface area contributed by atoms with Gasteiger partial charge < -0.3 is 4.90 Å². The first-order chi connectivity index (χ1) is 30.1. The molecule has 0 saturated carbocycles. The monoisotopic (exact) mass is 785 g/mol. The molecular formula is C60H51N. The third-order valence-electron chi connectivity index (χ3n) is 14.7. The van der Waals surface area contributed by atoms with Crippen LogP contribution in [0.25, 0.3) is 44.5 Å². The van der Waals surface area contributed by atoms with Crippen LogP contribution in [-0.4, -0.2) is 0 Å². The zero-order chi connectivity index (χ0) is 40.7. The second-order valence-corrected chi connectivity index (χ2v) is 18.2. The van der Waals surface area contributed by atoms with Crippen molar-refractivity contribution < 1.29 is 0 Å². The maximum Gasteiger partial charge on any atom is 0.0726 e. The summed E-state index contributed by atoms with van der Waals surface area (Å²) in [6, 6.07) is 65.5. The molecular weight excluding hydrogens is 735 g/mol. The van der Waals surface area contributed by atoms with Gasteiger partial charge >= 0.3 is 0 Å². The van der Waals surface area contributed by atoms with Gasteiger partial charge in [-0.15, -0.1) is 0 Å². The van der Waals surface area contributed by atoms with Crippen molar-refractivity contribution in [1.29, 1.82) is 0 Å². The summed E-state index contributed by atoms with van der Waals surface area (Å²) in [6.45, 7) is 4.79. The van der Waals surface area contributed by atoms with E-state index in [1.807, 2.05) is 0 Å². The minimum Gasteiger partial charge on any atom is -0.310 e. The quantitative estimate of drug-likeness (QED) is 0.162. The van der Waals surface area contributed by atoms with Crippen LogP contribution in [0.5, 0.6) is 0 Å². The van der Waals surface area contributed by atoms with Crippen molar-refractivity contribution in [3.63, 3.8) is 0 Å². The lowest BCUT2D eigenvalue weighted by Gasteiger charge is -2.36. The summed E-state index contributed by atoms with van der Waals surface area (Å²) in [5, 5.41) is 0. The van der Waals surface area contributed by atoms with Crippen molar-refractivity contribution >= 4 is 17.1 Å². The summed E-state index contributed by atoms with van der Waals surface area (Å²) in [7, 11) is 0. The maximum atomic E-state index is 2.68. The third-order valence-corrected chi connectivity index (χ3v) is 14.7. The van der Waals surface area contributed by atoms with E-state index < -0.39 is 5.41 Å². The second-order valence-electron chi connectivity index (χ2n) is 18.2. The Balaban J connectivity index is 1.23. The minimum atomic E-state index is -0.442. The third kappa shape index (κ3) is 5.46. The van der Waals surface area contributed by atoms with Gasteiger partial charge in [0, 0.05) is 16.9 Å². The van der Waals surface area contributed by atoms with Crippen LogP contribution in [0.2, 0.25) is 0 Å². The summed E-state index contributed by atoms with van der Waals surface area (Å²) < 4.78 is 0. The molecule has 61 heavy (non-hydrogen) atoms. The largest absolute Gasteiger partial charge is 0.310 e. The molecule has 1 spiro atoms. The molecule has 0 fully saturated rings. The Morgan fingerprint density at radius 1 is 0.410 bits per heavy atom. The molecule has 0 N–H and O–H groups in total. The molecule has 0 heterocycles. The molecule has 0 bridgehead atoms. The van der Waals surface area contributed by atoms with E-state index in [4.69, 9.17) is 0 Å². The number of aryl methyl sites for hydroxylation is 2. The highest BCUT2D eigenvalue weighted by molar-refractivity contribution is 6.01. The van der Waals surface area contributed by atoms with Gasteiger partial charge in [-0.3, -0.25) is 0 Å². The van der Waals surface area contributed by atoms with E-state index in [-0.39, 0.29) is 0 Å². The fourth-order valence-corrected chi connectivity index (χ4v) is 12.0. The first-order valence-corrected chi connectivity index (χ1v) is 22.8.